The van der Waals surface area contributed by atoms with Crippen LogP contribution in [0.2, 0.25) is 0 Å². The van der Waals surface area contributed by atoms with Gasteiger partial charge in [-0.3, -0.25) is 4.90 Å². The van der Waals surface area contributed by atoms with Crippen LogP contribution in [0.5, 0.6) is 0 Å². The van der Waals surface area contributed by atoms with E-state index in [1.807, 2.05) is 0 Å². The summed E-state index contributed by atoms with van der Waals surface area (Å²) in [7, 11) is 0. The van der Waals surface area contributed by atoms with Crippen molar-refractivity contribution in [1.29, 1.82) is 5.26 Å². The molecule has 96 valence electrons. The summed E-state index contributed by atoms with van der Waals surface area (Å²) < 4.78 is 0. The normalized spacial score (nSPS) is 19.4. The van der Waals surface area contributed by atoms with Gasteiger partial charge >= 0.3 is 0 Å². The molecule has 1 atom stereocenters. The van der Waals surface area contributed by atoms with Gasteiger partial charge in [-0.15, -0.1) is 0 Å². The second-order valence-electron chi connectivity index (χ2n) is 4.91. The molecule has 0 radical (unpaired) electrons. The van der Waals surface area contributed by atoms with Crippen LogP contribution < -0.4 is 0 Å². The minimum Gasteiger partial charge on any atom is -0.301 e. The lowest BCUT2D eigenvalue weighted by molar-refractivity contribution is 0.118. The van der Waals surface area contributed by atoms with Crippen molar-refractivity contribution in [2.24, 2.45) is 0 Å². The molecule has 1 aliphatic rings. The number of piperazine rings is 1. The molecule has 1 unspecified atom stereocenters. The third kappa shape index (κ3) is 2.90. The number of likely N-dealkylation sites (N-methyl/N-ethyl adjacent to an activating group) is 1. The number of nitriles is 1. The molecule has 0 amide bonds. The number of hydrogen-bond donors (Lipinski definition) is 0. The lowest BCUT2D eigenvalue weighted by atomic mass is 10.0. The second-order valence-corrected chi connectivity index (χ2v) is 4.91. The van der Waals surface area contributed by atoms with Crippen LogP contribution in [0.3, 0.4) is 0 Å². The van der Waals surface area contributed by atoms with Crippen LogP contribution in [0.4, 0.5) is 0 Å². The third-order valence-corrected chi connectivity index (χ3v) is 3.73. The quantitative estimate of drug-likeness (QED) is 0.815. The smallest absolute Gasteiger partial charge is 0.123 e. The second kappa shape index (κ2) is 5.99. The van der Waals surface area contributed by atoms with Crippen molar-refractivity contribution in [1.82, 2.24) is 9.80 Å². The Morgan fingerprint density at radius 3 is 2.28 bits per heavy atom. The molecule has 1 fully saturated rings. The van der Waals surface area contributed by atoms with Gasteiger partial charge in [0.1, 0.15) is 6.04 Å². The molecule has 0 aromatic heterocycles. The first-order valence-corrected chi connectivity index (χ1v) is 6.67. The lowest BCUT2D eigenvalue weighted by Gasteiger charge is -2.36. The highest BCUT2D eigenvalue weighted by molar-refractivity contribution is 5.27. The first-order chi connectivity index (χ1) is 8.74. The summed E-state index contributed by atoms with van der Waals surface area (Å²) in [5, 5.41) is 9.42. The average molecular weight is 243 g/mol. The van der Waals surface area contributed by atoms with E-state index in [0.29, 0.717) is 0 Å². The molecule has 1 heterocycles. The van der Waals surface area contributed by atoms with Crippen molar-refractivity contribution in [3.63, 3.8) is 0 Å². The molecule has 3 nitrogen and oxygen atoms in total. The fourth-order valence-electron chi connectivity index (χ4n) is 2.45. The molecule has 0 N–H and O–H groups in total. The summed E-state index contributed by atoms with van der Waals surface area (Å²) >= 11 is 0. The van der Waals surface area contributed by atoms with Gasteiger partial charge < -0.3 is 4.90 Å². The zero-order chi connectivity index (χ0) is 13.0. The standard InChI is InChI=1S/C15H21N3/c1-3-17-8-10-18(11-9-17)15(12-16)14-6-4-13(2)5-7-14/h4-7,15H,3,8-11H2,1-2H3. The fraction of sp³-hybridized carbons (Fsp3) is 0.533. The van der Waals surface area contributed by atoms with E-state index >= 15 is 0 Å². The molecule has 0 aliphatic carbocycles. The molecule has 1 aromatic rings. The van der Waals surface area contributed by atoms with Crippen LogP contribution in [0.1, 0.15) is 24.1 Å². The summed E-state index contributed by atoms with van der Waals surface area (Å²) in [4.78, 5) is 4.72. The van der Waals surface area contributed by atoms with Gasteiger partial charge in [0.25, 0.3) is 0 Å². The summed E-state index contributed by atoms with van der Waals surface area (Å²) in [6.07, 6.45) is 0. The Labute approximate surface area is 110 Å². The van der Waals surface area contributed by atoms with Crippen molar-refractivity contribution in [3.8, 4) is 6.07 Å². The highest BCUT2D eigenvalue weighted by atomic mass is 15.3. The molecular weight excluding hydrogens is 222 g/mol. The van der Waals surface area contributed by atoms with E-state index in [1.54, 1.807) is 0 Å². The first kappa shape index (κ1) is 13.1. The number of rotatable bonds is 3. The SMILES string of the molecule is CCN1CCN(C(C#N)c2ccc(C)cc2)CC1. The Balaban J connectivity index is 2.06. The van der Waals surface area contributed by atoms with Gasteiger partial charge in [-0.25, -0.2) is 0 Å². The highest BCUT2D eigenvalue weighted by Gasteiger charge is 2.24. The number of aryl methyl sites for hydroxylation is 1. The van der Waals surface area contributed by atoms with Gasteiger partial charge in [-0.05, 0) is 19.0 Å². The maximum absolute atomic E-state index is 9.42. The van der Waals surface area contributed by atoms with Crippen molar-refractivity contribution in [2.75, 3.05) is 32.7 Å². The van der Waals surface area contributed by atoms with Gasteiger partial charge in [0.05, 0.1) is 6.07 Å². The largest absolute Gasteiger partial charge is 0.301 e. The van der Waals surface area contributed by atoms with Crippen LogP contribution in [-0.4, -0.2) is 42.5 Å². The van der Waals surface area contributed by atoms with E-state index in [2.05, 4.69) is 54.0 Å². The van der Waals surface area contributed by atoms with E-state index in [4.69, 9.17) is 0 Å². The average Bonchev–Trinajstić information content (AvgIpc) is 2.42. The molecule has 1 saturated heterocycles. The van der Waals surface area contributed by atoms with Crippen LogP contribution in [-0.2, 0) is 0 Å². The molecule has 0 spiro atoms. The van der Waals surface area contributed by atoms with E-state index in [1.165, 1.54) is 5.56 Å². The number of benzene rings is 1. The van der Waals surface area contributed by atoms with E-state index in [-0.39, 0.29) is 6.04 Å². The zero-order valence-corrected chi connectivity index (χ0v) is 11.3. The molecule has 2 rings (SSSR count). The van der Waals surface area contributed by atoms with Gasteiger partial charge in [0.2, 0.25) is 0 Å². The summed E-state index contributed by atoms with van der Waals surface area (Å²) in [5.74, 6) is 0. The maximum Gasteiger partial charge on any atom is 0.123 e. The Hall–Kier alpha value is -1.37. The van der Waals surface area contributed by atoms with E-state index in [0.717, 1.165) is 38.3 Å². The topological polar surface area (TPSA) is 30.3 Å². The van der Waals surface area contributed by atoms with Crippen LogP contribution in [0.25, 0.3) is 0 Å². The summed E-state index contributed by atoms with van der Waals surface area (Å²) in [5.41, 5.74) is 2.36. The van der Waals surface area contributed by atoms with E-state index in [9.17, 15) is 5.26 Å². The summed E-state index contributed by atoms with van der Waals surface area (Å²) in [6, 6.07) is 10.7. The Morgan fingerprint density at radius 2 is 1.78 bits per heavy atom. The van der Waals surface area contributed by atoms with Crippen LogP contribution in [0.15, 0.2) is 24.3 Å². The number of hydrogen-bond acceptors (Lipinski definition) is 3. The van der Waals surface area contributed by atoms with Crippen molar-refractivity contribution < 1.29 is 0 Å². The molecule has 1 aliphatic heterocycles. The molecule has 18 heavy (non-hydrogen) atoms. The molecular formula is C15H21N3. The lowest BCUT2D eigenvalue weighted by Crippen LogP contribution is -2.47. The van der Waals surface area contributed by atoms with Crippen LogP contribution >= 0.6 is 0 Å². The molecule has 0 bridgehead atoms. The Kier molecular flexibility index (Phi) is 4.35. The zero-order valence-electron chi connectivity index (χ0n) is 11.3. The minimum absolute atomic E-state index is 0.0930. The van der Waals surface area contributed by atoms with Gasteiger partial charge in [-0.2, -0.15) is 5.26 Å². The predicted octanol–water partition coefficient (Wildman–Crippen LogP) is 2.20. The molecule has 0 saturated carbocycles. The summed E-state index contributed by atoms with van der Waals surface area (Å²) in [6.45, 7) is 9.49. The monoisotopic (exact) mass is 243 g/mol. The third-order valence-electron chi connectivity index (χ3n) is 3.73. The first-order valence-electron chi connectivity index (χ1n) is 6.67. The number of nitrogens with zero attached hydrogens (tertiary/aromatic N) is 3. The molecule has 1 aromatic carbocycles. The fourth-order valence-corrected chi connectivity index (χ4v) is 2.45. The maximum atomic E-state index is 9.42. The Morgan fingerprint density at radius 1 is 1.17 bits per heavy atom. The Bertz CT molecular complexity index is 410. The molecule has 3 heteroatoms. The van der Waals surface area contributed by atoms with E-state index < -0.39 is 0 Å². The van der Waals surface area contributed by atoms with Crippen LogP contribution in [0, 0.1) is 18.3 Å². The predicted molar refractivity (Wildman–Crippen MR) is 73.2 cm³/mol. The van der Waals surface area contributed by atoms with Gasteiger partial charge in [0, 0.05) is 26.2 Å². The van der Waals surface area contributed by atoms with Crippen molar-refractivity contribution in [2.45, 2.75) is 19.9 Å². The van der Waals surface area contributed by atoms with Gasteiger partial charge in [-0.1, -0.05) is 36.8 Å². The highest BCUT2D eigenvalue weighted by Crippen LogP contribution is 2.21. The van der Waals surface area contributed by atoms with Crippen molar-refractivity contribution in [3.05, 3.63) is 35.4 Å². The minimum atomic E-state index is -0.0930. The van der Waals surface area contributed by atoms with Crippen molar-refractivity contribution >= 4 is 0 Å². The van der Waals surface area contributed by atoms with Gasteiger partial charge in [0.15, 0.2) is 0 Å².